The zero-order valence-electron chi connectivity index (χ0n) is 16.5. The molecule has 160 valence electrons. The van der Waals surface area contributed by atoms with Crippen molar-refractivity contribution in [2.45, 2.75) is 51.1 Å². The Hall–Kier alpha value is -2.31. The second kappa shape index (κ2) is 10.6. The van der Waals surface area contributed by atoms with Crippen molar-refractivity contribution in [3.8, 4) is 0 Å². The summed E-state index contributed by atoms with van der Waals surface area (Å²) in [7, 11) is 0. The molecule has 0 saturated carbocycles. The number of rotatable bonds is 10. The molecule has 0 bridgehead atoms. The zero-order chi connectivity index (χ0) is 21.4. The first-order valence-electron chi connectivity index (χ1n) is 9.88. The smallest absolute Gasteiger partial charge is 0.374 e. The number of benzene rings is 2. The molecule has 0 fully saturated rings. The van der Waals surface area contributed by atoms with Crippen LogP contribution in [-0.2, 0) is 30.5 Å². The number of nitrogens with zero attached hydrogens (tertiary/aromatic N) is 2. The van der Waals surface area contributed by atoms with Gasteiger partial charge in [0.1, 0.15) is 0 Å². The second-order valence-corrected chi connectivity index (χ2v) is 7.67. The quantitative estimate of drug-likeness (QED) is 0.360. The Morgan fingerprint density at radius 1 is 0.967 bits per heavy atom. The summed E-state index contributed by atoms with van der Waals surface area (Å²) in [4.78, 5) is 4.04. The van der Waals surface area contributed by atoms with Crippen LogP contribution < -0.4 is 0 Å². The van der Waals surface area contributed by atoms with Gasteiger partial charge in [0, 0.05) is 24.0 Å². The standard InChI is InChI=1S/C23H24ClF3N2O/c24-21-10-5-18(6-11-21)7-12-22(2-1-14-29-15-13-28-17-29)30-16-19-3-8-20(9-4-19)23(25,26)27/h3-6,8-11,13,15,17,22H,1-2,7,12,14,16H2. The fourth-order valence-corrected chi connectivity index (χ4v) is 3.34. The third-order valence-electron chi connectivity index (χ3n) is 4.94. The molecule has 3 aromatic rings. The topological polar surface area (TPSA) is 27.1 Å². The summed E-state index contributed by atoms with van der Waals surface area (Å²) in [5.74, 6) is 0. The lowest BCUT2D eigenvalue weighted by Crippen LogP contribution is -2.15. The lowest BCUT2D eigenvalue weighted by Gasteiger charge is -2.19. The van der Waals surface area contributed by atoms with E-state index in [4.69, 9.17) is 16.3 Å². The average molecular weight is 437 g/mol. The first-order valence-corrected chi connectivity index (χ1v) is 10.3. The highest BCUT2D eigenvalue weighted by molar-refractivity contribution is 6.30. The first-order chi connectivity index (χ1) is 14.4. The maximum Gasteiger partial charge on any atom is 0.416 e. The van der Waals surface area contributed by atoms with Crippen LogP contribution in [-0.4, -0.2) is 15.7 Å². The van der Waals surface area contributed by atoms with Gasteiger partial charge in [-0.25, -0.2) is 4.98 Å². The van der Waals surface area contributed by atoms with Crippen molar-refractivity contribution in [1.82, 2.24) is 9.55 Å². The SMILES string of the molecule is FC(F)(F)c1ccc(COC(CCCn2ccnc2)CCc2ccc(Cl)cc2)cc1. The molecule has 0 amide bonds. The van der Waals surface area contributed by atoms with Crippen molar-refractivity contribution in [3.63, 3.8) is 0 Å². The summed E-state index contributed by atoms with van der Waals surface area (Å²) in [6, 6.07) is 12.9. The summed E-state index contributed by atoms with van der Waals surface area (Å²) >= 11 is 5.95. The van der Waals surface area contributed by atoms with Gasteiger partial charge in [-0.05, 0) is 61.1 Å². The minimum absolute atomic E-state index is 0.00601. The number of imidazole rings is 1. The Labute approximate surface area is 179 Å². The molecular formula is C23H24ClF3N2O. The van der Waals surface area contributed by atoms with Gasteiger partial charge in [0.25, 0.3) is 0 Å². The molecule has 30 heavy (non-hydrogen) atoms. The number of alkyl halides is 3. The van der Waals surface area contributed by atoms with Crippen LogP contribution in [0.2, 0.25) is 5.02 Å². The molecule has 3 rings (SSSR count). The molecule has 2 aromatic carbocycles. The molecule has 0 aliphatic rings. The fourth-order valence-electron chi connectivity index (χ4n) is 3.21. The second-order valence-electron chi connectivity index (χ2n) is 7.24. The Morgan fingerprint density at radius 3 is 2.30 bits per heavy atom. The summed E-state index contributed by atoms with van der Waals surface area (Å²) < 4.78 is 46.3. The number of ether oxygens (including phenoxy) is 1. The van der Waals surface area contributed by atoms with Crippen LogP contribution in [0.25, 0.3) is 0 Å². The molecule has 0 radical (unpaired) electrons. The molecule has 0 aliphatic carbocycles. The van der Waals surface area contributed by atoms with Gasteiger partial charge in [-0.15, -0.1) is 0 Å². The van der Waals surface area contributed by atoms with E-state index in [2.05, 4.69) is 4.98 Å². The van der Waals surface area contributed by atoms with Crippen LogP contribution >= 0.6 is 11.6 Å². The molecule has 1 heterocycles. The van der Waals surface area contributed by atoms with Crippen LogP contribution in [0.1, 0.15) is 36.0 Å². The van der Waals surface area contributed by atoms with Gasteiger partial charge in [-0.1, -0.05) is 35.9 Å². The van der Waals surface area contributed by atoms with Gasteiger partial charge in [0.05, 0.1) is 24.6 Å². The summed E-state index contributed by atoms with van der Waals surface area (Å²) in [5.41, 5.74) is 1.26. The predicted octanol–water partition coefficient (Wildman–Crippen LogP) is 6.55. The van der Waals surface area contributed by atoms with Crippen LogP contribution in [0, 0.1) is 0 Å². The molecule has 1 unspecified atom stereocenters. The molecule has 7 heteroatoms. The molecular weight excluding hydrogens is 413 g/mol. The van der Waals surface area contributed by atoms with Gasteiger partial charge in [-0.2, -0.15) is 13.2 Å². The van der Waals surface area contributed by atoms with Crippen molar-refractivity contribution in [2.75, 3.05) is 0 Å². The van der Waals surface area contributed by atoms with E-state index in [0.29, 0.717) is 5.02 Å². The van der Waals surface area contributed by atoms with Crippen molar-refractivity contribution in [2.24, 2.45) is 0 Å². The number of aryl methyl sites for hydroxylation is 2. The van der Waals surface area contributed by atoms with Crippen molar-refractivity contribution >= 4 is 11.6 Å². The molecule has 1 atom stereocenters. The minimum atomic E-state index is -4.33. The lowest BCUT2D eigenvalue weighted by atomic mass is 10.0. The van der Waals surface area contributed by atoms with Gasteiger partial charge in [-0.3, -0.25) is 0 Å². The maximum absolute atomic E-state index is 12.7. The fraction of sp³-hybridized carbons (Fsp3) is 0.348. The third kappa shape index (κ3) is 7.18. The molecule has 1 aromatic heterocycles. The maximum atomic E-state index is 12.7. The van der Waals surface area contributed by atoms with E-state index >= 15 is 0 Å². The Bertz CT molecular complexity index is 878. The minimum Gasteiger partial charge on any atom is -0.374 e. The Kier molecular flexibility index (Phi) is 7.94. The van der Waals surface area contributed by atoms with Crippen LogP contribution in [0.5, 0.6) is 0 Å². The van der Waals surface area contributed by atoms with Gasteiger partial charge >= 0.3 is 6.18 Å². The first kappa shape index (κ1) is 22.4. The highest BCUT2D eigenvalue weighted by Gasteiger charge is 2.29. The number of halogens is 4. The van der Waals surface area contributed by atoms with Crippen LogP contribution in [0.4, 0.5) is 13.2 Å². The van der Waals surface area contributed by atoms with Gasteiger partial charge in [0.15, 0.2) is 0 Å². The lowest BCUT2D eigenvalue weighted by molar-refractivity contribution is -0.137. The molecule has 0 spiro atoms. The summed E-state index contributed by atoms with van der Waals surface area (Å²) in [5, 5.41) is 0.703. The van der Waals surface area contributed by atoms with Crippen LogP contribution in [0.3, 0.4) is 0 Å². The van der Waals surface area contributed by atoms with E-state index in [9.17, 15) is 13.2 Å². The molecule has 3 nitrogen and oxygen atoms in total. The monoisotopic (exact) mass is 436 g/mol. The number of hydrogen-bond acceptors (Lipinski definition) is 2. The van der Waals surface area contributed by atoms with E-state index in [-0.39, 0.29) is 12.7 Å². The number of aromatic nitrogens is 2. The van der Waals surface area contributed by atoms with Crippen molar-refractivity contribution in [1.29, 1.82) is 0 Å². The highest BCUT2D eigenvalue weighted by Crippen LogP contribution is 2.29. The van der Waals surface area contributed by atoms with E-state index in [0.717, 1.165) is 49.9 Å². The Balaban J connectivity index is 1.55. The molecule has 0 N–H and O–H groups in total. The van der Waals surface area contributed by atoms with Gasteiger partial charge in [0.2, 0.25) is 0 Å². The molecule has 0 aliphatic heterocycles. The normalized spacial score (nSPS) is 12.8. The largest absolute Gasteiger partial charge is 0.416 e. The Morgan fingerprint density at radius 2 is 1.67 bits per heavy atom. The highest BCUT2D eigenvalue weighted by atomic mass is 35.5. The van der Waals surface area contributed by atoms with Crippen molar-refractivity contribution in [3.05, 3.63) is 89.0 Å². The predicted molar refractivity (Wildman–Crippen MR) is 111 cm³/mol. The van der Waals surface area contributed by atoms with E-state index < -0.39 is 11.7 Å². The number of hydrogen-bond donors (Lipinski definition) is 0. The van der Waals surface area contributed by atoms with E-state index in [1.165, 1.54) is 17.7 Å². The summed E-state index contributed by atoms with van der Waals surface area (Å²) in [6.07, 6.45) is 4.59. The summed E-state index contributed by atoms with van der Waals surface area (Å²) in [6.45, 7) is 1.13. The van der Waals surface area contributed by atoms with Crippen molar-refractivity contribution < 1.29 is 17.9 Å². The van der Waals surface area contributed by atoms with E-state index in [1.807, 2.05) is 35.0 Å². The third-order valence-corrected chi connectivity index (χ3v) is 5.19. The molecule has 0 saturated heterocycles. The van der Waals surface area contributed by atoms with E-state index in [1.54, 1.807) is 12.5 Å². The van der Waals surface area contributed by atoms with Gasteiger partial charge < -0.3 is 9.30 Å². The van der Waals surface area contributed by atoms with Crippen LogP contribution in [0.15, 0.2) is 67.3 Å². The average Bonchev–Trinajstić information content (AvgIpc) is 3.24. The zero-order valence-corrected chi connectivity index (χ0v) is 17.2.